The fourth-order valence-electron chi connectivity index (χ4n) is 8.64. The Bertz CT molecular complexity index is 1320. The molecule has 3 amide bonds. The SMILES string of the molecule is C=CCN(C(=O)[C@@H]1[C@H]2C(=O)N([C@@H](CC)CO)C(C(=O)N(CC=C)C(C)(C)CC(C)(C)C)C23CC[C@@]1(C)S3)c1ccc(OCC)cc1. The summed E-state index contributed by atoms with van der Waals surface area (Å²) in [6.45, 7) is 25.4. The lowest BCUT2D eigenvalue weighted by molar-refractivity contribution is -0.149. The predicted octanol–water partition coefficient (Wildman–Crippen LogP) is 6.09. The number of likely N-dealkylation sites (tertiary alicyclic amines) is 1. The molecule has 0 aromatic heterocycles. The fraction of sp³-hybridized carbons (Fsp3) is 0.649. The summed E-state index contributed by atoms with van der Waals surface area (Å²) in [7, 11) is 0. The van der Waals surface area contributed by atoms with Crippen LogP contribution in [0.15, 0.2) is 49.6 Å². The molecule has 4 rings (SSSR count). The monoisotopic (exact) mass is 653 g/mol. The summed E-state index contributed by atoms with van der Waals surface area (Å²) in [4.78, 5) is 49.9. The van der Waals surface area contributed by atoms with Crippen molar-refractivity contribution in [3.05, 3.63) is 49.6 Å². The van der Waals surface area contributed by atoms with E-state index >= 15 is 4.79 Å². The Morgan fingerprint density at radius 3 is 2.24 bits per heavy atom. The average Bonchev–Trinajstić information content (AvgIpc) is 3.55. The zero-order valence-electron chi connectivity index (χ0n) is 29.2. The maximum Gasteiger partial charge on any atom is 0.247 e. The number of ether oxygens (including phenoxy) is 1. The molecule has 3 saturated heterocycles. The summed E-state index contributed by atoms with van der Waals surface area (Å²) in [6.07, 6.45) is 6.05. The van der Waals surface area contributed by atoms with Gasteiger partial charge in [0.2, 0.25) is 17.7 Å². The van der Waals surface area contributed by atoms with Gasteiger partial charge in [-0.3, -0.25) is 14.4 Å². The third-order valence-corrected chi connectivity index (χ3v) is 12.1. The molecule has 3 aliphatic rings. The zero-order chi connectivity index (χ0) is 34.2. The molecule has 1 aromatic carbocycles. The summed E-state index contributed by atoms with van der Waals surface area (Å²) in [5.74, 6) is -1.08. The zero-order valence-corrected chi connectivity index (χ0v) is 30.0. The van der Waals surface area contributed by atoms with Crippen LogP contribution in [-0.4, -0.2) is 86.0 Å². The number of nitrogens with zero attached hydrogens (tertiary/aromatic N) is 3. The highest BCUT2D eigenvalue weighted by molar-refractivity contribution is 8.02. The summed E-state index contributed by atoms with van der Waals surface area (Å²) in [5.41, 5.74) is 0.132. The van der Waals surface area contributed by atoms with E-state index in [1.165, 1.54) is 0 Å². The highest BCUT2D eigenvalue weighted by atomic mass is 32.2. The van der Waals surface area contributed by atoms with Crippen LogP contribution in [0.1, 0.15) is 81.1 Å². The summed E-state index contributed by atoms with van der Waals surface area (Å²) in [5, 5.41) is 10.5. The third kappa shape index (κ3) is 6.26. The molecular weight excluding hydrogens is 598 g/mol. The Labute approximate surface area is 280 Å². The van der Waals surface area contributed by atoms with E-state index in [1.807, 2.05) is 43.0 Å². The van der Waals surface area contributed by atoms with E-state index < -0.39 is 39.0 Å². The number of amides is 3. The van der Waals surface area contributed by atoms with E-state index in [-0.39, 0.29) is 36.3 Å². The number of carbonyl (C=O) groups excluding carboxylic acids is 3. The van der Waals surface area contributed by atoms with Gasteiger partial charge in [-0.05, 0) is 83.1 Å². The van der Waals surface area contributed by atoms with Gasteiger partial charge in [0, 0.05) is 29.1 Å². The highest BCUT2D eigenvalue weighted by Gasteiger charge is 2.78. The minimum Gasteiger partial charge on any atom is -0.494 e. The molecular formula is C37H55N3O5S. The van der Waals surface area contributed by atoms with Crippen molar-refractivity contribution in [3.8, 4) is 5.75 Å². The molecule has 0 radical (unpaired) electrons. The first-order chi connectivity index (χ1) is 21.6. The van der Waals surface area contributed by atoms with Crippen molar-refractivity contribution >= 4 is 35.2 Å². The molecule has 3 aliphatic heterocycles. The van der Waals surface area contributed by atoms with E-state index in [0.717, 1.165) is 12.2 Å². The fourth-order valence-corrected chi connectivity index (χ4v) is 11.0. The van der Waals surface area contributed by atoms with Crippen LogP contribution in [0, 0.1) is 17.3 Å². The van der Waals surface area contributed by atoms with Gasteiger partial charge in [-0.1, -0.05) is 39.8 Å². The number of hydrogen-bond acceptors (Lipinski definition) is 6. The van der Waals surface area contributed by atoms with Crippen LogP contribution in [-0.2, 0) is 14.4 Å². The number of aliphatic hydroxyl groups is 1. The number of carbonyl (C=O) groups is 3. The Balaban J connectivity index is 1.82. The van der Waals surface area contributed by atoms with E-state index in [9.17, 15) is 14.7 Å². The molecule has 2 unspecified atom stereocenters. The Morgan fingerprint density at radius 1 is 1.09 bits per heavy atom. The largest absolute Gasteiger partial charge is 0.494 e. The van der Waals surface area contributed by atoms with Crippen LogP contribution < -0.4 is 9.64 Å². The molecule has 0 saturated carbocycles. The third-order valence-electron chi connectivity index (χ3n) is 10.1. The molecule has 8 nitrogen and oxygen atoms in total. The van der Waals surface area contributed by atoms with Gasteiger partial charge in [-0.15, -0.1) is 24.9 Å². The minimum absolute atomic E-state index is 0.0483. The van der Waals surface area contributed by atoms with Crippen molar-refractivity contribution < 1.29 is 24.2 Å². The molecule has 0 aliphatic carbocycles. The van der Waals surface area contributed by atoms with Crippen molar-refractivity contribution in [2.75, 3.05) is 31.2 Å². The van der Waals surface area contributed by atoms with Gasteiger partial charge in [0.1, 0.15) is 11.8 Å². The number of fused-ring (bicyclic) bond motifs is 1. The number of thioether (sulfide) groups is 1. The molecule has 46 heavy (non-hydrogen) atoms. The van der Waals surface area contributed by atoms with Crippen LogP contribution in [0.5, 0.6) is 5.75 Å². The lowest BCUT2D eigenvalue weighted by atomic mass is 9.66. The van der Waals surface area contributed by atoms with E-state index in [2.05, 4.69) is 54.7 Å². The second-order valence-electron chi connectivity index (χ2n) is 15.2. The van der Waals surface area contributed by atoms with Crippen molar-refractivity contribution in [2.24, 2.45) is 17.3 Å². The lowest BCUT2D eigenvalue weighted by Gasteiger charge is -2.46. The molecule has 2 bridgehead atoms. The molecule has 6 atom stereocenters. The van der Waals surface area contributed by atoms with Gasteiger partial charge >= 0.3 is 0 Å². The van der Waals surface area contributed by atoms with E-state index in [0.29, 0.717) is 38.1 Å². The first kappa shape index (κ1) is 36.1. The number of rotatable bonds is 14. The maximum atomic E-state index is 15.1. The van der Waals surface area contributed by atoms with Crippen LogP contribution in [0.2, 0.25) is 0 Å². The highest BCUT2D eigenvalue weighted by Crippen LogP contribution is 2.72. The van der Waals surface area contributed by atoms with Gasteiger partial charge < -0.3 is 24.5 Å². The van der Waals surface area contributed by atoms with Gasteiger partial charge in [0.15, 0.2) is 0 Å². The first-order valence-electron chi connectivity index (χ1n) is 16.8. The van der Waals surface area contributed by atoms with Crippen LogP contribution in [0.4, 0.5) is 5.69 Å². The molecule has 254 valence electrons. The average molecular weight is 654 g/mol. The second-order valence-corrected chi connectivity index (χ2v) is 17.1. The lowest BCUT2D eigenvalue weighted by Crippen LogP contribution is -2.61. The van der Waals surface area contributed by atoms with Crippen molar-refractivity contribution in [3.63, 3.8) is 0 Å². The Kier molecular flexibility index (Phi) is 10.5. The molecule has 9 heteroatoms. The Morgan fingerprint density at radius 2 is 1.72 bits per heavy atom. The van der Waals surface area contributed by atoms with Gasteiger partial charge in [-0.2, -0.15) is 0 Å². The number of hydrogen-bond donors (Lipinski definition) is 1. The smallest absolute Gasteiger partial charge is 0.247 e. The molecule has 3 fully saturated rings. The van der Waals surface area contributed by atoms with Crippen molar-refractivity contribution in [2.45, 2.75) is 108 Å². The Hall–Kier alpha value is -2.78. The number of aliphatic hydroxyl groups excluding tert-OH is 1. The van der Waals surface area contributed by atoms with E-state index in [1.54, 1.807) is 33.7 Å². The quantitative estimate of drug-likeness (QED) is 0.245. The molecule has 1 N–H and O–H groups in total. The van der Waals surface area contributed by atoms with Gasteiger partial charge in [0.05, 0.1) is 35.8 Å². The maximum absolute atomic E-state index is 15.1. The second kappa shape index (κ2) is 13.4. The van der Waals surface area contributed by atoms with Crippen molar-refractivity contribution in [1.82, 2.24) is 9.80 Å². The predicted molar refractivity (Wildman–Crippen MR) is 187 cm³/mol. The van der Waals surface area contributed by atoms with Crippen LogP contribution in [0.3, 0.4) is 0 Å². The number of anilines is 1. The van der Waals surface area contributed by atoms with Gasteiger partial charge in [-0.25, -0.2) is 0 Å². The minimum atomic E-state index is -0.802. The summed E-state index contributed by atoms with van der Waals surface area (Å²) >= 11 is 1.66. The number of benzene rings is 1. The first-order valence-corrected chi connectivity index (χ1v) is 17.6. The van der Waals surface area contributed by atoms with Crippen LogP contribution >= 0.6 is 11.8 Å². The molecule has 3 heterocycles. The molecule has 1 aromatic rings. The normalized spacial score (nSPS) is 27.7. The van der Waals surface area contributed by atoms with Gasteiger partial charge in [0.25, 0.3) is 0 Å². The summed E-state index contributed by atoms with van der Waals surface area (Å²) in [6, 6.07) is 6.09. The summed E-state index contributed by atoms with van der Waals surface area (Å²) < 4.78 is 4.30. The van der Waals surface area contributed by atoms with Crippen LogP contribution in [0.25, 0.3) is 0 Å². The topological polar surface area (TPSA) is 90.4 Å². The molecule has 1 spiro atoms. The van der Waals surface area contributed by atoms with Crippen molar-refractivity contribution in [1.29, 1.82) is 0 Å². The van der Waals surface area contributed by atoms with E-state index in [4.69, 9.17) is 4.74 Å². The standard InChI is InChI=1S/C37H55N3O5S/c1-11-21-38(26-15-17-27(18-16-26)45-14-4)31(42)28-29-32(43)40(25(13-3)23-41)30(37(29)20-19-36(28,10)46-37)33(44)39(22-12-2)35(8,9)24-34(5,6)7/h11-12,15-18,25,28-30,41H,1-2,13-14,19-24H2,3-10H3/t25-,28-,29-,30?,36+,37?/m0/s1.